The first-order valence-corrected chi connectivity index (χ1v) is 17.9. The van der Waals surface area contributed by atoms with Gasteiger partial charge in [0.15, 0.2) is 11.5 Å². The van der Waals surface area contributed by atoms with Crippen LogP contribution in [0.4, 0.5) is 0 Å². The summed E-state index contributed by atoms with van der Waals surface area (Å²) in [5.41, 5.74) is 12.1. The van der Waals surface area contributed by atoms with Crippen molar-refractivity contribution < 1.29 is 0 Å². The summed E-state index contributed by atoms with van der Waals surface area (Å²) in [7, 11) is 0. The third kappa shape index (κ3) is 4.71. The third-order valence-electron chi connectivity index (χ3n) is 10.6. The van der Waals surface area contributed by atoms with Gasteiger partial charge in [-0.15, -0.1) is 5.10 Å². The van der Waals surface area contributed by atoms with E-state index in [1.54, 1.807) is 0 Å². The molecule has 4 heterocycles. The predicted octanol–water partition coefficient (Wildman–Crippen LogP) is 11.9. The molecule has 0 N–H and O–H groups in total. The van der Waals surface area contributed by atoms with Crippen molar-refractivity contribution in [1.29, 1.82) is 0 Å². The Morgan fingerprint density at radius 1 is 0.415 bits per heavy atom. The molecule has 0 aliphatic rings. The van der Waals surface area contributed by atoms with E-state index in [1.165, 1.54) is 54.6 Å². The predicted molar refractivity (Wildman–Crippen MR) is 218 cm³/mol. The first kappa shape index (κ1) is 29.5. The summed E-state index contributed by atoms with van der Waals surface area (Å²) in [6.45, 7) is 0. The molecule has 53 heavy (non-hydrogen) atoms. The summed E-state index contributed by atoms with van der Waals surface area (Å²) in [6, 6.07) is 62.6. The molecule has 0 saturated carbocycles. The first-order valence-electron chi connectivity index (χ1n) is 17.9. The minimum atomic E-state index is 0.696. The molecule has 0 fully saturated rings. The van der Waals surface area contributed by atoms with Gasteiger partial charge in [0.05, 0.1) is 16.6 Å². The van der Waals surface area contributed by atoms with E-state index < -0.39 is 0 Å². The van der Waals surface area contributed by atoms with Crippen LogP contribution in [0.3, 0.4) is 0 Å². The number of hydrogen-bond acceptors (Lipinski definition) is 2. The highest BCUT2D eigenvalue weighted by molar-refractivity contribution is 6.18. The Hall–Kier alpha value is -7.24. The van der Waals surface area contributed by atoms with Gasteiger partial charge in [-0.1, -0.05) is 103 Å². The molecule has 0 amide bonds. The van der Waals surface area contributed by atoms with Gasteiger partial charge in [0.2, 0.25) is 0 Å². The van der Waals surface area contributed by atoms with Crippen LogP contribution in [-0.4, -0.2) is 23.7 Å². The summed E-state index contributed by atoms with van der Waals surface area (Å²) < 4.78 is 6.54. The van der Waals surface area contributed by atoms with E-state index in [1.807, 2.05) is 16.8 Å². The number of pyridine rings is 1. The maximum absolute atomic E-state index is 5.08. The van der Waals surface area contributed by atoms with Crippen molar-refractivity contribution >= 4 is 49.1 Å². The van der Waals surface area contributed by atoms with Gasteiger partial charge >= 0.3 is 0 Å². The zero-order valence-corrected chi connectivity index (χ0v) is 28.6. The third-order valence-corrected chi connectivity index (χ3v) is 10.6. The number of para-hydroxylation sites is 2. The van der Waals surface area contributed by atoms with Crippen LogP contribution in [0, 0.1) is 0 Å². The smallest absolute Gasteiger partial charge is 0.182 e. The summed E-state index contributed by atoms with van der Waals surface area (Å²) in [6.07, 6.45) is 4.14. The summed E-state index contributed by atoms with van der Waals surface area (Å²) in [5, 5.41) is 11.1. The van der Waals surface area contributed by atoms with E-state index in [9.17, 15) is 0 Å². The van der Waals surface area contributed by atoms with E-state index in [-0.39, 0.29) is 0 Å². The maximum atomic E-state index is 5.08. The highest BCUT2D eigenvalue weighted by Crippen LogP contribution is 2.38. The lowest BCUT2D eigenvalue weighted by Gasteiger charge is -2.10. The number of benzene rings is 7. The lowest BCUT2D eigenvalue weighted by molar-refractivity contribution is 0.966. The fourth-order valence-electron chi connectivity index (χ4n) is 7.98. The van der Waals surface area contributed by atoms with Gasteiger partial charge in [0.1, 0.15) is 0 Å². The largest absolute Gasteiger partial charge is 0.316 e. The van der Waals surface area contributed by atoms with Gasteiger partial charge in [0, 0.05) is 51.1 Å². The molecule has 7 aromatic carbocycles. The van der Waals surface area contributed by atoms with Gasteiger partial charge in [-0.3, -0.25) is 0 Å². The average molecular weight is 678 g/mol. The summed E-state index contributed by atoms with van der Waals surface area (Å²) in [4.78, 5) is 5.08. The van der Waals surface area contributed by atoms with Gasteiger partial charge in [-0.2, -0.15) is 0 Å². The Bertz CT molecular complexity index is 3150. The van der Waals surface area contributed by atoms with Crippen molar-refractivity contribution in [1.82, 2.24) is 23.7 Å². The average Bonchev–Trinajstić information content (AvgIpc) is 3.95. The van der Waals surface area contributed by atoms with Crippen LogP contribution in [0.1, 0.15) is 0 Å². The molecule has 0 unspecified atom stereocenters. The molecule has 0 aliphatic carbocycles. The molecule has 248 valence electrons. The number of nitrogens with zero attached hydrogens (tertiary/aromatic N) is 5. The maximum Gasteiger partial charge on any atom is 0.182 e. The monoisotopic (exact) mass is 677 g/mol. The van der Waals surface area contributed by atoms with E-state index in [0.717, 1.165) is 33.7 Å². The molecule has 5 nitrogen and oxygen atoms in total. The molecule has 0 aliphatic heterocycles. The van der Waals surface area contributed by atoms with Crippen LogP contribution < -0.4 is 0 Å². The second-order valence-corrected chi connectivity index (χ2v) is 13.6. The Kier molecular flexibility index (Phi) is 6.48. The lowest BCUT2D eigenvalue weighted by atomic mass is 9.99. The van der Waals surface area contributed by atoms with Crippen LogP contribution in [0.2, 0.25) is 0 Å². The van der Waals surface area contributed by atoms with Gasteiger partial charge in [0.25, 0.3) is 0 Å². The van der Waals surface area contributed by atoms with E-state index in [2.05, 4.69) is 185 Å². The summed E-state index contributed by atoms with van der Waals surface area (Å²) >= 11 is 0. The van der Waals surface area contributed by atoms with Crippen molar-refractivity contribution in [3.8, 4) is 45.0 Å². The van der Waals surface area contributed by atoms with Crippen LogP contribution in [0.5, 0.6) is 0 Å². The lowest BCUT2D eigenvalue weighted by Crippen LogP contribution is -1.95. The minimum Gasteiger partial charge on any atom is -0.316 e. The molecule has 0 radical (unpaired) electrons. The van der Waals surface area contributed by atoms with Crippen molar-refractivity contribution in [2.75, 3.05) is 0 Å². The van der Waals surface area contributed by atoms with E-state index in [4.69, 9.17) is 10.1 Å². The van der Waals surface area contributed by atoms with Gasteiger partial charge in [-0.05, 0) is 100 Å². The molecule has 4 aromatic heterocycles. The Balaban J connectivity index is 0.967. The number of aromatic nitrogens is 5. The van der Waals surface area contributed by atoms with Crippen molar-refractivity contribution in [2.45, 2.75) is 0 Å². The van der Waals surface area contributed by atoms with Crippen LogP contribution in [0.25, 0.3) is 94.1 Å². The molecule has 11 rings (SSSR count). The number of hydrogen-bond donors (Lipinski definition) is 0. The highest BCUT2D eigenvalue weighted by Gasteiger charge is 2.18. The quantitative estimate of drug-likeness (QED) is 0.182. The van der Waals surface area contributed by atoms with Crippen LogP contribution in [0.15, 0.2) is 188 Å². The second-order valence-electron chi connectivity index (χ2n) is 13.6. The number of rotatable bonds is 5. The normalized spacial score (nSPS) is 11.8. The Morgan fingerprint density at radius 3 is 2.02 bits per heavy atom. The van der Waals surface area contributed by atoms with E-state index in [0.29, 0.717) is 5.82 Å². The van der Waals surface area contributed by atoms with Crippen LogP contribution in [-0.2, 0) is 0 Å². The molecule has 5 heteroatoms. The van der Waals surface area contributed by atoms with Gasteiger partial charge in [-0.25, -0.2) is 9.50 Å². The topological polar surface area (TPSA) is 40.0 Å². The van der Waals surface area contributed by atoms with Crippen molar-refractivity contribution in [3.63, 3.8) is 0 Å². The molecular formula is C48H31N5. The zero-order chi connectivity index (χ0) is 34.9. The molecule has 0 spiro atoms. The van der Waals surface area contributed by atoms with Gasteiger partial charge < -0.3 is 9.13 Å². The van der Waals surface area contributed by atoms with E-state index >= 15 is 0 Å². The second kappa shape index (κ2) is 11.7. The molecule has 0 atom stereocenters. The highest BCUT2D eigenvalue weighted by atomic mass is 15.3. The SMILES string of the molecule is c1ccc(-n2ccc3c2ccc2c4ccccc4n(-c4ccc(-c5nc6c(-c7ccc(-c8ccc9ccccc9c8)cc7)cccn6n5)cc4)c23)cc1. The fraction of sp³-hybridized carbons (Fsp3) is 0. The minimum absolute atomic E-state index is 0.696. The standard InChI is InChI=1S/C48H31N5/c1-2-11-38(12-3-1)51-30-28-43-44(51)27-26-42-41-13-6-7-15-45(41)53(46(42)43)39-24-22-35(23-25-39)47-49-48-40(14-8-29-52(48)50-47)34-19-16-33(17-20-34)37-21-18-32-9-4-5-10-36(32)31-37/h1-31H. The van der Waals surface area contributed by atoms with Crippen molar-refractivity contribution in [3.05, 3.63) is 188 Å². The van der Waals surface area contributed by atoms with Crippen LogP contribution >= 0.6 is 0 Å². The molecular weight excluding hydrogens is 647 g/mol. The molecule has 11 aromatic rings. The Labute approximate surface area is 305 Å². The molecule has 0 bridgehead atoms. The fourth-order valence-corrected chi connectivity index (χ4v) is 7.98. The Morgan fingerprint density at radius 2 is 1.15 bits per heavy atom. The summed E-state index contributed by atoms with van der Waals surface area (Å²) in [5.74, 6) is 0.696. The zero-order valence-electron chi connectivity index (χ0n) is 28.6. The van der Waals surface area contributed by atoms with Crippen molar-refractivity contribution in [2.24, 2.45) is 0 Å². The number of fused-ring (bicyclic) bond motifs is 7. The first-order chi connectivity index (χ1) is 26.3. The molecule has 0 saturated heterocycles.